The maximum atomic E-state index is 5.22. The molecule has 0 aliphatic heterocycles. The zero-order valence-electron chi connectivity index (χ0n) is 8.71. The van der Waals surface area contributed by atoms with Crippen LogP contribution in [0.4, 0.5) is 0 Å². The molecule has 1 aromatic heterocycles. The zero-order chi connectivity index (χ0) is 10.4. The first kappa shape index (κ1) is 11.2. The highest BCUT2D eigenvalue weighted by Crippen LogP contribution is 2.13. The summed E-state index contributed by atoms with van der Waals surface area (Å²) < 4.78 is 0. The lowest BCUT2D eigenvalue weighted by molar-refractivity contribution is 0.563. The maximum Gasteiger partial charge on any atom is 0.0925 e. The van der Waals surface area contributed by atoms with Crippen LogP contribution in [0, 0.1) is 12.3 Å². The Hall–Kier alpha value is -0.850. The molecule has 2 nitrogen and oxygen atoms in total. The van der Waals surface area contributed by atoms with Crippen molar-refractivity contribution < 1.29 is 0 Å². The van der Waals surface area contributed by atoms with Crippen LogP contribution < -0.4 is 5.32 Å². The molecule has 1 N–H and O–H groups in total. The Labute approximate surface area is 89.8 Å². The molecule has 0 aromatic carbocycles. The molecule has 0 aliphatic rings. The second-order valence-electron chi connectivity index (χ2n) is 3.26. The van der Waals surface area contributed by atoms with Crippen LogP contribution in [0.3, 0.4) is 0 Å². The van der Waals surface area contributed by atoms with Gasteiger partial charge in [0.05, 0.1) is 5.01 Å². The molecular weight excluding hydrogens is 192 g/mol. The predicted octanol–water partition coefficient (Wildman–Crippen LogP) is 2.21. The van der Waals surface area contributed by atoms with Crippen molar-refractivity contribution in [3.8, 4) is 12.3 Å². The Morgan fingerprint density at radius 1 is 1.71 bits per heavy atom. The second-order valence-corrected chi connectivity index (χ2v) is 4.46. The van der Waals surface area contributed by atoms with Crippen LogP contribution in [-0.4, -0.2) is 11.0 Å². The van der Waals surface area contributed by atoms with Gasteiger partial charge in [0, 0.05) is 30.1 Å². The minimum absolute atomic E-state index is 0.382. The first-order valence-corrected chi connectivity index (χ1v) is 5.68. The van der Waals surface area contributed by atoms with Crippen molar-refractivity contribution in [3.05, 3.63) is 16.1 Å². The lowest BCUT2D eigenvalue weighted by Crippen LogP contribution is -2.24. The van der Waals surface area contributed by atoms with Gasteiger partial charge in [-0.1, -0.05) is 6.92 Å². The Morgan fingerprint density at radius 2 is 2.50 bits per heavy atom. The summed E-state index contributed by atoms with van der Waals surface area (Å²) in [5.74, 6) is 2.65. The largest absolute Gasteiger partial charge is 0.308 e. The molecule has 0 saturated heterocycles. The van der Waals surface area contributed by atoms with E-state index in [-0.39, 0.29) is 0 Å². The molecule has 76 valence electrons. The first-order valence-electron chi connectivity index (χ1n) is 4.86. The van der Waals surface area contributed by atoms with Crippen molar-refractivity contribution in [3.63, 3.8) is 0 Å². The van der Waals surface area contributed by atoms with E-state index in [1.165, 1.54) is 9.88 Å². The van der Waals surface area contributed by atoms with Crippen LogP contribution >= 0.6 is 11.3 Å². The van der Waals surface area contributed by atoms with Gasteiger partial charge in [0.1, 0.15) is 0 Å². The van der Waals surface area contributed by atoms with E-state index in [1.54, 1.807) is 11.3 Å². The fraction of sp³-hybridized carbons (Fsp3) is 0.545. The summed E-state index contributed by atoms with van der Waals surface area (Å²) in [4.78, 5) is 5.58. The van der Waals surface area contributed by atoms with Crippen LogP contribution in [0.1, 0.15) is 30.2 Å². The molecule has 0 amide bonds. The van der Waals surface area contributed by atoms with E-state index in [0.29, 0.717) is 6.04 Å². The van der Waals surface area contributed by atoms with Gasteiger partial charge in [-0.3, -0.25) is 0 Å². The Balaban J connectivity index is 2.34. The third kappa shape index (κ3) is 3.49. The van der Waals surface area contributed by atoms with Crippen LogP contribution in [0.15, 0.2) is 6.20 Å². The van der Waals surface area contributed by atoms with Crippen molar-refractivity contribution in [2.75, 3.05) is 0 Å². The van der Waals surface area contributed by atoms with Crippen molar-refractivity contribution in [2.45, 2.75) is 39.3 Å². The number of aryl methyl sites for hydroxylation is 1. The molecule has 3 heteroatoms. The summed E-state index contributed by atoms with van der Waals surface area (Å²) >= 11 is 1.77. The third-order valence-corrected chi connectivity index (χ3v) is 3.09. The predicted molar refractivity (Wildman–Crippen MR) is 61.2 cm³/mol. The fourth-order valence-corrected chi connectivity index (χ4v) is 1.93. The molecule has 0 bridgehead atoms. The van der Waals surface area contributed by atoms with Crippen LogP contribution in [0.25, 0.3) is 0 Å². The maximum absolute atomic E-state index is 5.22. The van der Waals surface area contributed by atoms with Crippen molar-refractivity contribution in [2.24, 2.45) is 0 Å². The summed E-state index contributed by atoms with van der Waals surface area (Å²) in [7, 11) is 0. The Bertz CT molecular complexity index is 311. The van der Waals surface area contributed by atoms with Gasteiger partial charge in [-0.25, -0.2) is 4.98 Å². The number of aromatic nitrogens is 1. The molecular formula is C11H16N2S. The Kier molecular flexibility index (Phi) is 4.64. The zero-order valence-corrected chi connectivity index (χ0v) is 9.53. The van der Waals surface area contributed by atoms with Gasteiger partial charge in [0.2, 0.25) is 0 Å². The van der Waals surface area contributed by atoms with E-state index in [4.69, 9.17) is 6.42 Å². The summed E-state index contributed by atoms with van der Waals surface area (Å²) in [6.45, 7) is 5.10. The van der Waals surface area contributed by atoms with E-state index in [9.17, 15) is 0 Å². The van der Waals surface area contributed by atoms with Gasteiger partial charge in [-0.2, -0.15) is 0 Å². The molecule has 0 aliphatic carbocycles. The highest BCUT2D eigenvalue weighted by molar-refractivity contribution is 7.11. The lowest BCUT2D eigenvalue weighted by Gasteiger charge is -2.08. The lowest BCUT2D eigenvalue weighted by atomic mass is 10.2. The second kappa shape index (κ2) is 5.79. The van der Waals surface area contributed by atoms with Crippen molar-refractivity contribution in [1.29, 1.82) is 0 Å². The molecule has 1 rings (SSSR count). The topological polar surface area (TPSA) is 24.9 Å². The van der Waals surface area contributed by atoms with Gasteiger partial charge in [0.25, 0.3) is 0 Å². The monoisotopic (exact) mass is 208 g/mol. The van der Waals surface area contributed by atoms with Gasteiger partial charge in [0.15, 0.2) is 0 Å². The molecule has 0 fully saturated rings. The Morgan fingerprint density at radius 3 is 3.07 bits per heavy atom. The number of nitrogens with one attached hydrogen (secondary N) is 1. The standard InChI is InChI=1S/C11H16N2S/c1-4-6-9(3)12-7-10-8-13-11(5-2)14-10/h1,8-9,12H,5-7H2,2-3H3. The van der Waals surface area contributed by atoms with E-state index in [2.05, 4.69) is 30.1 Å². The molecule has 1 atom stereocenters. The summed E-state index contributed by atoms with van der Waals surface area (Å²) in [5, 5.41) is 4.57. The number of hydrogen-bond acceptors (Lipinski definition) is 3. The first-order chi connectivity index (χ1) is 6.76. The number of thiazole rings is 1. The summed E-state index contributed by atoms with van der Waals surface area (Å²) in [5.41, 5.74) is 0. The summed E-state index contributed by atoms with van der Waals surface area (Å²) in [6, 6.07) is 0.382. The summed E-state index contributed by atoms with van der Waals surface area (Å²) in [6.07, 6.45) is 8.96. The molecule has 0 radical (unpaired) electrons. The molecule has 0 saturated carbocycles. The van der Waals surface area contributed by atoms with Crippen LogP contribution in [0.5, 0.6) is 0 Å². The van der Waals surface area contributed by atoms with E-state index in [1.807, 2.05) is 6.20 Å². The van der Waals surface area contributed by atoms with Gasteiger partial charge in [-0.15, -0.1) is 23.7 Å². The SMILES string of the molecule is C#CCC(C)NCc1cnc(CC)s1. The number of nitrogens with zero attached hydrogens (tertiary/aromatic N) is 1. The van der Waals surface area contributed by atoms with Gasteiger partial charge in [-0.05, 0) is 13.3 Å². The van der Waals surface area contributed by atoms with Gasteiger partial charge >= 0.3 is 0 Å². The average Bonchev–Trinajstić information content (AvgIpc) is 2.63. The smallest absolute Gasteiger partial charge is 0.0925 e. The molecule has 14 heavy (non-hydrogen) atoms. The van der Waals surface area contributed by atoms with Crippen LogP contribution in [0.2, 0.25) is 0 Å². The van der Waals surface area contributed by atoms with Gasteiger partial charge < -0.3 is 5.32 Å². The fourth-order valence-electron chi connectivity index (χ4n) is 1.12. The quantitative estimate of drug-likeness (QED) is 0.750. The highest BCUT2D eigenvalue weighted by Gasteiger charge is 2.02. The highest BCUT2D eigenvalue weighted by atomic mass is 32.1. The molecule has 1 heterocycles. The molecule has 0 spiro atoms. The molecule has 1 aromatic rings. The number of terminal acetylenes is 1. The van der Waals surface area contributed by atoms with Crippen molar-refractivity contribution >= 4 is 11.3 Å². The molecule has 1 unspecified atom stereocenters. The van der Waals surface area contributed by atoms with E-state index < -0.39 is 0 Å². The minimum atomic E-state index is 0.382. The average molecular weight is 208 g/mol. The van der Waals surface area contributed by atoms with E-state index in [0.717, 1.165) is 19.4 Å². The normalized spacial score (nSPS) is 12.4. The minimum Gasteiger partial charge on any atom is -0.308 e. The van der Waals surface area contributed by atoms with Crippen molar-refractivity contribution in [1.82, 2.24) is 10.3 Å². The van der Waals surface area contributed by atoms with E-state index >= 15 is 0 Å². The van der Waals surface area contributed by atoms with Crippen LogP contribution in [-0.2, 0) is 13.0 Å². The third-order valence-electron chi connectivity index (χ3n) is 1.95. The number of hydrogen-bond donors (Lipinski definition) is 1. The number of rotatable bonds is 5.